The number of halogens is 3. The van der Waals surface area contributed by atoms with E-state index in [9.17, 15) is 13.2 Å². The van der Waals surface area contributed by atoms with Crippen LogP contribution in [0.15, 0.2) is 42.7 Å². The summed E-state index contributed by atoms with van der Waals surface area (Å²) in [7, 11) is 0. The Hall–Kier alpha value is -2.24. The summed E-state index contributed by atoms with van der Waals surface area (Å²) < 4.78 is 42.5. The fourth-order valence-corrected chi connectivity index (χ4v) is 1.28. The van der Waals surface area contributed by atoms with Gasteiger partial charge in [0.05, 0.1) is 11.8 Å². The summed E-state index contributed by atoms with van der Waals surface area (Å²) in [6.07, 6.45) is -2.55. The minimum atomic E-state index is -4.46. The Morgan fingerprint density at radius 2 is 1.67 bits per heavy atom. The fraction of sp³-hybridized carbons (Fsp3) is 0.0833. The molecule has 18 heavy (non-hydrogen) atoms. The molecule has 0 atom stereocenters. The van der Waals surface area contributed by atoms with Crippen molar-refractivity contribution < 1.29 is 23.0 Å². The van der Waals surface area contributed by atoms with Crippen molar-refractivity contribution in [3.63, 3.8) is 0 Å². The molecule has 94 valence electrons. The van der Waals surface area contributed by atoms with Crippen LogP contribution in [0.4, 0.5) is 13.2 Å². The molecule has 1 aromatic carbocycles. The monoisotopic (exact) mass is 255 g/mol. The molecule has 0 saturated heterocycles. The van der Waals surface area contributed by atoms with Gasteiger partial charge in [-0.2, -0.15) is 13.2 Å². The first-order valence-corrected chi connectivity index (χ1v) is 4.94. The molecule has 6 heteroatoms. The summed E-state index contributed by atoms with van der Waals surface area (Å²) in [6, 6.07) is 6.48. The topological polar surface area (TPSA) is 42.4 Å². The third-order valence-electron chi connectivity index (χ3n) is 2.11. The molecule has 1 N–H and O–H groups in total. The van der Waals surface area contributed by atoms with Crippen molar-refractivity contribution in [2.24, 2.45) is 0 Å². The van der Waals surface area contributed by atoms with Gasteiger partial charge in [0.2, 0.25) is 0 Å². The molecule has 0 amide bonds. The van der Waals surface area contributed by atoms with Crippen molar-refractivity contribution >= 4 is 0 Å². The lowest BCUT2D eigenvalue weighted by Crippen LogP contribution is -2.05. The van der Waals surface area contributed by atoms with E-state index in [1.807, 2.05) is 0 Å². The van der Waals surface area contributed by atoms with Crippen LogP contribution in [0.3, 0.4) is 0 Å². The van der Waals surface area contributed by atoms with E-state index < -0.39 is 11.7 Å². The highest BCUT2D eigenvalue weighted by Crippen LogP contribution is 2.32. The summed E-state index contributed by atoms with van der Waals surface area (Å²) in [5.74, 6) is 0.342. The lowest BCUT2D eigenvalue weighted by atomic mass is 10.2. The summed E-state index contributed by atoms with van der Waals surface area (Å²) in [4.78, 5) is 3.47. The minimum absolute atomic E-state index is 0.0180. The van der Waals surface area contributed by atoms with Gasteiger partial charge in [-0.05, 0) is 30.3 Å². The van der Waals surface area contributed by atoms with Gasteiger partial charge in [0.25, 0.3) is 0 Å². The molecule has 0 saturated carbocycles. The summed E-state index contributed by atoms with van der Waals surface area (Å²) >= 11 is 0. The molecule has 1 aromatic heterocycles. The molecule has 0 spiro atoms. The molecule has 0 aliphatic heterocycles. The first-order valence-electron chi connectivity index (χ1n) is 4.94. The number of aromatic hydroxyl groups is 1. The van der Waals surface area contributed by atoms with E-state index in [1.165, 1.54) is 30.5 Å². The Morgan fingerprint density at radius 3 is 2.28 bits per heavy atom. The van der Waals surface area contributed by atoms with E-state index in [2.05, 4.69) is 4.98 Å². The van der Waals surface area contributed by atoms with Gasteiger partial charge in [0.1, 0.15) is 17.2 Å². The lowest BCUT2D eigenvalue weighted by molar-refractivity contribution is -0.137. The molecular weight excluding hydrogens is 247 g/mol. The average molecular weight is 255 g/mol. The Bertz CT molecular complexity index is 538. The summed E-state index contributed by atoms with van der Waals surface area (Å²) in [5, 5.41) is 9.06. The van der Waals surface area contributed by atoms with Crippen LogP contribution in [0, 0.1) is 0 Å². The van der Waals surface area contributed by atoms with Crippen LogP contribution in [0.25, 0.3) is 0 Å². The molecule has 1 heterocycles. The van der Waals surface area contributed by atoms with E-state index in [4.69, 9.17) is 9.84 Å². The Labute approximate surface area is 100 Å². The van der Waals surface area contributed by atoms with Crippen LogP contribution in [-0.2, 0) is 6.18 Å². The highest BCUT2D eigenvalue weighted by atomic mass is 19.4. The van der Waals surface area contributed by atoms with Gasteiger partial charge in [-0.15, -0.1) is 0 Å². The summed E-state index contributed by atoms with van der Waals surface area (Å²) in [5.41, 5.74) is -0.876. The first kappa shape index (κ1) is 12.2. The Morgan fingerprint density at radius 1 is 1.00 bits per heavy atom. The molecule has 2 aromatic rings. The zero-order chi connectivity index (χ0) is 13.2. The standard InChI is InChI=1S/C12H8F3NO2/c13-12(14,15)8-5-11(7-16-6-8)18-10-3-1-9(17)2-4-10/h1-7,17H. The number of nitrogens with zero attached hydrogens (tertiary/aromatic N) is 1. The quantitative estimate of drug-likeness (QED) is 0.891. The lowest BCUT2D eigenvalue weighted by Gasteiger charge is -2.09. The third kappa shape index (κ3) is 2.91. The zero-order valence-electron chi connectivity index (χ0n) is 8.98. The molecule has 0 aliphatic rings. The van der Waals surface area contributed by atoms with Crippen molar-refractivity contribution in [3.05, 3.63) is 48.3 Å². The van der Waals surface area contributed by atoms with Crippen LogP contribution >= 0.6 is 0 Å². The van der Waals surface area contributed by atoms with Gasteiger partial charge in [-0.3, -0.25) is 4.98 Å². The first-order chi connectivity index (χ1) is 8.45. The number of ether oxygens (including phenoxy) is 1. The van der Waals surface area contributed by atoms with Gasteiger partial charge in [-0.1, -0.05) is 0 Å². The number of phenols is 1. The van der Waals surface area contributed by atoms with Crippen molar-refractivity contribution in [1.29, 1.82) is 0 Å². The predicted octanol–water partition coefficient (Wildman–Crippen LogP) is 3.60. The van der Waals surface area contributed by atoms with E-state index in [1.54, 1.807) is 0 Å². The van der Waals surface area contributed by atoms with Crippen molar-refractivity contribution in [1.82, 2.24) is 4.98 Å². The molecule has 0 unspecified atom stereocenters. The van der Waals surface area contributed by atoms with Gasteiger partial charge in [0.15, 0.2) is 0 Å². The van der Waals surface area contributed by atoms with E-state index in [-0.39, 0.29) is 11.5 Å². The van der Waals surface area contributed by atoms with Gasteiger partial charge in [-0.25, -0.2) is 0 Å². The number of alkyl halides is 3. The van der Waals surface area contributed by atoms with E-state index >= 15 is 0 Å². The molecule has 3 nitrogen and oxygen atoms in total. The molecule has 0 fully saturated rings. The van der Waals surface area contributed by atoms with Crippen LogP contribution in [0.1, 0.15) is 5.56 Å². The number of rotatable bonds is 2. The molecule has 0 bridgehead atoms. The number of phenolic OH excluding ortho intramolecular Hbond substituents is 1. The van der Waals surface area contributed by atoms with Crippen molar-refractivity contribution in [3.8, 4) is 17.2 Å². The maximum absolute atomic E-state index is 12.4. The van der Waals surface area contributed by atoms with E-state index in [0.29, 0.717) is 5.75 Å². The number of pyridine rings is 1. The number of benzene rings is 1. The molecular formula is C12H8F3NO2. The number of hydrogen-bond acceptors (Lipinski definition) is 3. The molecule has 2 rings (SSSR count). The fourth-order valence-electron chi connectivity index (χ4n) is 1.28. The second kappa shape index (κ2) is 4.56. The second-order valence-corrected chi connectivity index (χ2v) is 3.50. The number of aromatic nitrogens is 1. The SMILES string of the molecule is Oc1ccc(Oc2cncc(C(F)(F)F)c2)cc1. The van der Waals surface area contributed by atoms with Gasteiger partial charge < -0.3 is 9.84 Å². The van der Waals surface area contributed by atoms with Gasteiger partial charge in [0, 0.05) is 6.20 Å². The maximum atomic E-state index is 12.4. The van der Waals surface area contributed by atoms with Crippen molar-refractivity contribution in [2.75, 3.05) is 0 Å². The third-order valence-corrected chi connectivity index (χ3v) is 2.11. The maximum Gasteiger partial charge on any atom is 0.418 e. The van der Waals surface area contributed by atoms with Crippen LogP contribution in [0.5, 0.6) is 17.2 Å². The zero-order valence-corrected chi connectivity index (χ0v) is 8.98. The van der Waals surface area contributed by atoms with E-state index in [0.717, 1.165) is 12.3 Å². The van der Waals surface area contributed by atoms with Crippen LogP contribution < -0.4 is 4.74 Å². The average Bonchev–Trinajstić information content (AvgIpc) is 2.31. The Balaban J connectivity index is 2.22. The van der Waals surface area contributed by atoms with Crippen LogP contribution in [-0.4, -0.2) is 10.1 Å². The van der Waals surface area contributed by atoms with Gasteiger partial charge >= 0.3 is 6.18 Å². The predicted molar refractivity (Wildman–Crippen MR) is 57.4 cm³/mol. The second-order valence-electron chi connectivity index (χ2n) is 3.50. The summed E-state index contributed by atoms with van der Waals surface area (Å²) in [6.45, 7) is 0. The van der Waals surface area contributed by atoms with Crippen molar-refractivity contribution in [2.45, 2.75) is 6.18 Å². The van der Waals surface area contributed by atoms with Crippen LogP contribution in [0.2, 0.25) is 0 Å². The normalized spacial score (nSPS) is 11.3. The smallest absolute Gasteiger partial charge is 0.418 e. The number of hydrogen-bond donors (Lipinski definition) is 1. The minimum Gasteiger partial charge on any atom is -0.508 e. The molecule has 0 radical (unpaired) electrons. The molecule has 0 aliphatic carbocycles. The highest BCUT2D eigenvalue weighted by Gasteiger charge is 2.31. The Kier molecular flexibility index (Phi) is 3.10. The largest absolute Gasteiger partial charge is 0.508 e. The highest BCUT2D eigenvalue weighted by molar-refractivity contribution is 5.35.